The van der Waals surface area contributed by atoms with Crippen LogP contribution >= 0.6 is 0 Å². The number of unbranched alkanes of at least 4 members (excludes halogenated alkanes) is 1. The first-order valence-electron chi connectivity index (χ1n) is 8.83. The van der Waals surface area contributed by atoms with E-state index in [9.17, 15) is 0 Å². The molecule has 0 aromatic carbocycles. The van der Waals surface area contributed by atoms with Gasteiger partial charge in [-0.15, -0.1) is 0 Å². The normalized spacial score (nSPS) is 19.5. The number of nitrogens with one attached hydrogen (secondary N) is 2. The van der Waals surface area contributed by atoms with Gasteiger partial charge in [-0.05, 0) is 33.1 Å². The Balaban J connectivity index is 1.55. The van der Waals surface area contributed by atoms with Gasteiger partial charge in [0, 0.05) is 45.2 Å². The van der Waals surface area contributed by atoms with E-state index in [1.807, 2.05) is 19.3 Å². The standard InChI is InChI=1S/C17H31N5O2/c1-14(12-24-16-6-11-23-13-16)21-17(18-3)20-7-4-5-9-22-10-8-19-15(22)2/h8,10,14,16H,4-7,9,11-13H2,1-3H3,(H2,18,20,21). The number of hydrogen-bond donors (Lipinski definition) is 2. The quantitative estimate of drug-likeness (QED) is 0.404. The maximum atomic E-state index is 5.83. The molecule has 24 heavy (non-hydrogen) atoms. The van der Waals surface area contributed by atoms with Gasteiger partial charge in [0.15, 0.2) is 5.96 Å². The highest BCUT2D eigenvalue weighted by molar-refractivity contribution is 5.79. The van der Waals surface area contributed by atoms with Crippen molar-refractivity contribution in [2.75, 3.05) is 33.4 Å². The Morgan fingerprint density at radius 2 is 2.42 bits per heavy atom. The van der Waals surface area contributed by atoms with Gasteiger partial charge in [-0.2, -0.15) is 0 Å². The molecule has 0 amide bonds. The topological polar surface area (TPSA) is 72.7 Å². The molecule has 1 fully saturated rings. The molecular formula is C17H31N5O2. The summed E-state index contributed by atoms with van der Waals surface area (Å²) in [6, 6.07) is 0.213. The molecule has 7 heteroatoms. The van der Waals surface area contributed by atoms with Crippen LogP contribution in [0.3, 0.4) is 0 Å². The predicted octanol–water partition coefficient (Wildman–Crippen LogP) is 1.33. The van der Waals surface area contributed by atoms with E-state index < -0.39 is 0 Å². The summed E-state index contributed by atoms with van der Waals surface area (Å²) in [6.45, 7) is 8.24. The van der Waals surface area contributed by atoms with Crippen molar-refractivity contribution in [3.8, 4) is 0 Å². The van der Waals surface area contributed by atoms with Gasteiger partial charge in [0.25, 0.3) is 0 Å². The summed E-state index contributed by atoms with van der Waals surface area (Å²) in [5.74, 6) is 1.90. The molecule has 0 aliphatic carbocycles. The van der Waals surface area contributed by atoms with E-state index in [1.165, 1.54) is 0 Å². The van der Waals surface area contributed by atoms with Crippen molar-refractivity contribution in [3.05, 3.63) is 18.2 Å². The van der Waals surface area contributed by atoms with Crippen LogP contribution in [0.1, 0.15) is 32.0 Å². The molecule has 1 aromatic rings. The summed E-state index contributed by atoms with van der Waals surface area (Å²) in [4.78, 5) is 8.50. The molecule has 2 rings (SSSR count). The maximum Gasteiger partial charge on any atom is 0.191 e. The number of nitrogens with zero attached hydrogens (tertiary/aromatic N) is 3. The minimum absolute atomic E-state index is 0.213. The van der Waals surface area contributed by atoms with Crippen molar-refractivity contribution in [1.82, 2.24) is 20.2 Å². The molecule has 0 saturated carbocycles. The lowest BCUT2D eigenvalue weighted by Crippen LogP contribution is -2.44. The Morgan fingerprint density at radius 3 is 3.08 bits per heavy atom. The van der Waals surface area contributed by atoms with Crippen molar-refractivity contribution < 1.29 is 9.47 Å². The van der Waals surface area contributed by atoms with Gasteiger partial charge in [-0.25, -0.2) is 4.98 Å². The van der Waals surface area contributed by atoms with Crippen LogP contribution in [0.4, 0.5) is 0 Å². The fourth-order valence-corrected chi connectivity index (χ4v) is 2.65. The molecule has 7 nitrogen and oxygen atoms in total. The smallest absolute Gasteiger partial charge is 0.191 e. The third-order valence-corrected chi connectivity index (χ3v) is 4.12. The molecule has 0 radical (unpaired) electrons. The molecular weight excluding hydrogens is 306 g/mol. The minimum Gasteiger partial charge on any atom is -0.379 e. The van der Waals surface area contributed by atoms with E-state index in [0.29, 0.717) is 6.61 Å². The van der Waals surface area contributed by atoms with Gasteiger partial charge in [0.05, 0.1) is 19.3 Å². The third kappa shape index (κ3) is 6.49. The predicted molar refractivity (Wildman–Crippen MR) is 95.3 cm³/mol. The van der Waals surface area contributed by atoms with Crippen LogP contribution in [-0.4, -0.2) is 61.1 Å². The molecule has 1 aromatic heterocycles. The van der Waals surface area contributed by atoms with Gasteiger partial charge in [0.1, 0.15) is 5.82 Å². The van der Waals surface area contributed by atoms with Gasteiger partial charge in [-0.3, -0.25) is 4.99 Å². The highest BCUT2D eigenvalue weighted by Crippen LogP contribution is 2.08. The molecule has 2 N–H and O–H groups in total. The lowest BCUT2D eigenvalue weighted by molar-refractivity contribution is 0.0347. The molecule has 1 saturated heterocycles. The van der Waals surface area contributed by atoms with Gasteiger partial charge in [0.2, 0.25) is 0 Å². The number of imidazole rings is 1. The Kier molecular flexibility index (Phi) is 8.04. The van der Waals surface area contributed by atoms with Gasteiger partial charge < -0.3 is 24.7 Å². The fraction of sp³-hybridized carbons (Fsp3) is 0.765. The SMILES string of the molecule is CN=C(NCCCCn1ccnc1C)NC(C)COC1CCOC1. The third-order valence-electron chi connectivity index (χ3n) is 4.12. The van der Waals surface area contributed by atoms with Crippen molar-refractivity contribution in [1.29, 1.82) is 0 Å². The first kappa shape index (κ1) is 18.7. The summed E-state index contributed by atoms with van der Waals surface area (Å²) >= 11 is 0. The Bertz CT molecular complexity index is 497. The van der Waals surface area contributed by atoms with Crippen LogP contribution < -0.4 is 10.6 Å². The second-order valence-corrected chi connectivity index (χ2v) is 6.24. The van der Waals surface area contributed by atoms with Crippen molar-refractivity contribution in [3.63, 3.8) is 0 Å². The van der Waals surface area contributed by atoms with Crippen LogP contribution in [0.15, 0.2) is 17.4 Å². The second kappa shape index (κ2) is 10.3. The van der Waals surface area contributed by atoms with E-state index in [-0.39, 0.29) is 12.1 Å². The summed E-state index contributed by atoms with van der Waals surface area (Å²) < 4.78 is 13.3. The molecule has 2 atom stereocenters. The molecule has 136 valence electrons. The van der Waals surface area contributed by atoms with Crippen LogP contribution in [0.25, 0.3) is 0 Å². The summed E-state index contributed by atoms with van der Waals surface area (Å²) in [7, 11) is 1.79. The van der Waals surface area contributed by atoms with E-state index >= 15 is 0 Å². The van der Waals surface area contributed by atoms with E-state index in [1.54, 1.807) is 7.05 Å². The molecule has 2 heterocycles. The number of rotatable bonds is 9. The molecule has 0 bridgehead atoms. The molecule has 1 aliphatic rings. The number of guanidine groups is 1. The minimum atomic E-state index is 0.213. The van der Waals surface area contributed by atoms with E-state index in [4.69, 9.17) is 9.47 Å². The summed E-state index contributed by atoms with van der Waals surface area (Å²) in [6.07, 6.45) is 7.32. The number of hydrogen-bond acceptors (Lipinski definition) is 4. The fourth-order valence-electron chi connectivity index (χ4n) is 2.65. The zero-order valence-electron chi connectivity index (χ0n) is 15.1. The first-order chi connectivity index (χ1) is 11.7. The van der Waals surface area contributed by atoms with Crippen molar-refractivity contribution in [2.24, 2.45) is 4.99 Å². The lowest BCUT2D eigenvalue weighted by Gasteiger charge is -2.19. The number of ether oxygens (including phenoxy) is 2. The van der Waals surface area contributed by atoms with Crippen molar-refractivity contribution >= 4 is 5.96 Å². The largest absolute Gasteiger partial charge is 0.379 e. The number of aromatic nitrogens is 2. The van der Waals surface area contributed by atoms with Gasteiger partial charge in [-0.1, -0.05) is 0 Å². The van der Waals surface area contributed by atoms with Crippen molar-refractivity contribution in [2.45, 2.75) is 51.8 Å². The molecule has 2 unspecified atom stereocenters. The summed E-state index contributed by atoms with van der Waals surface area (Å²) in [5, 5.41) is 6.72. The van der Waals surface area contributed by atoms with Crippen LogP contribution in [-0.2, 0) is 16.0 Å². The Morgan fingerprint density at radius 1 is 1.54 bits per heavy atom. The molecule has 0 spiro atoms. The average Bonchev–Trinajstić information content (AvgIpc) is 3.23. The highest BCUT2D eigenvalue weighted by Gasteiger charge is 2.17. The second-order valence-electron chi connectivity index (χ2n) is 6.24. The Hall–Kier alpha value is -1.60. The average molecular weight is 337 g/mol. The number of aryl methyl sites for hydroxylation is 2. The maximum absolute atomic E-state index is 5.83. The summed E-state index contributed by atoms with van der Waals surface area (Å²) in [5.41, 5.74) is 0. The zero-order chi connectivity index (χ0) is 17.2. The Labute approximate surface area is 144 Å². The monoisotopic (exact) mass is 337 g/mol. The number of aliphatic imine (C=N–C) groups is 1. The van der Waals surface area contributed by atoms with E-state index in [0.717, 1.165) is 57.3 Å². The van der Waals surface area contributed by atoms with Crippen LogP contribution in [0, 0.1) is 6.92 Å². The lowest BCUT2D eigenvalue weighted by atomic mass is 10.3. The van der Waals surface area contributed by atoms with Crippen LogP contribution in [0.2, 0.25) is 0 Å². The highest BCUT2D eigenvalue weighted by atomic mass is 16.5. The van der Waals surface area contributed by atoms with Crippen LogP contribution in [0.5, 0.6) is 0 Å². The molecule has 1 aliphatic heterocycles. The zero-order valence-corrected chi connectivity index (χ0v) is 15.1. The first-order valence-corrected chi connectivity index (χ1v) is 8.83. The van der Waals surface area contributed by atoms with E-state index in [2.05, 4.69) is 32.1 Å². The van der Waals surface area contributed by atoms with Gasteiger partial charge >= 0.3 is 0 Å².